The number of halogens is 1. The Bertz CT molecular complexity index is 509. The number of aliphatic hydroxyl groups excluding tert-OH is 1. The molecule has 0 radical (unpaired) electrons. The third-order valence-corrected chi connectivity index (χ3v) is 2.47. The lowest BCUT2D eigenvalue weighted by molar-refractivity contribution is -0.142. The van der Waals surface area contributed by atoms with Crippen molar-refractivity contribution >= 4 is 12.1 Å². The molecule has 0 aliphatic heterocycles. The molecule has 7 heteroatoms. The highest BCUT2D eigenvalue weighted by atomic mass is 19.1. The maximum atomic E-state index is 12.8. The maximum absolute atomic E-state index is 12.8. The minimum absolute atomic E-state index is 0.167. The van der Waals surface area contributed by atoms with Crippen molar-refractivity contribution < 1.29 is 28.9 Å². The standard InChI is InChI=1S/C14H18FNO5/c1-14(2,3)21-13(20)16-10(12(18)19)11(17)8-4-6-9(15)7-5-8/h4-7,10-11,17H,1-3H3,(H,16,20)(H,18,19)/t10-,11+/m1/s1. The average Bonchev–Trinajstić information content (AvgIpc) is 2.33. The quantitative estimate of drug-likeness (QED) is 0.788. The topological polar surface area (TPSA) is 95.9 Å². The molecule has 0 unspecified atom stereocenters. The number of hydrogen-bond donors (Lipinski definition) is 3. The molecule has 0 aromatic heterocycles. The zero-order valence-corrected chi connectivity index (χ0v) is 12.0. The summed E-state index contributed by atoms with van der Waals surface area (Å²) in [5, 5.41) is 21.2. The number of hydrogen-bond acceptors (Lipinski definition) is 4. The summed E-state index contributed by atoms with van der Waals surface area (Å²) in [5.74, 6) is -1.95. The predicted molar refractivity (Wildman–Crippen MR) is 72.2 cm³/mol. The van der Waals surface area contributed by atoms with Gasteiger partial charge in [0.1, 0.15) is 17.5 Å². The van der Waals surface area contributed by atoms with E-state index in [0.29, 0.717) is 0 Å². The van der Waals surface area contributed by atoms with Crippen molar-refractivity contribution in [1.29, 1.82) is 0 Å². The van der Waals surface area contributed by atoms with Gasteiger partial charge in [-0.25, -0.2) is 14.0 Å². The first-order chi connectivity index (χ1) is 9.60. The second kappa shape index (κ2) is 6.53. The molecule has 6 nitrogen and oxygen atoms in total. The predicted octanol–water partition coefficient (Wildman–Crippen LogP) is 1.84. The number of amides is 1. The Kier molecular flexibility index (Phi) is 5.26. The smallest absolute Gasteiger partial charge is 0.408 e. The van der Waals surface area contributed by atoms with E-state index >= 15 is 0 Å². The van der Waals surface area contributed by atoms with Crippen LogP contribution in [0.2, 0.25) is 0 Å². The number of carboxylic acids is 1. The molecular formula is C14H18FNO5. The minimum atomic E-state index is -1.61. The molecule has 0 heterocycles. The highest BCUT2D eigenvalue weighted by Gasteiger charge is 2.31. The molecule has 1 rings (SSSR count). The molecule has 1 aromatic rings. The van der Waals surface area contributed by atoms with Crippen molar-refractivity contribution in [2.45, 2.75) is 38.5 Å². The Morgan fingerprint density at radius 1 is 1.24 bits per heavy atom. The van der Waals surface area contributed by atoms with Gasteiger partial charge in [-0.15, -0.1) is 0 Å². The van der Waals surface area contributed by atoms with Gasteiger partial charge in [0.15, 0.2) is 6.04 Å². The molecule has 0 fully saturated rings. The molecule has 0 aliphatic carbocycles. The van der Waals surface area contributed by atoms with Crippen molar-refractivity contribution in [3.05, 3.63) is 35.6 Å². The maximum Gasteiger partial charge on any atom is 0.408 e. The van der Waals surface area contributed by atoms with Crippen LogP contribution in [0.25, 0.3) is 0 Å². The molecule has 0 aliphatic rings. The van der Waals surface area contributed by atoms with Gasteiger partial charge in [0.25, 0.3) is 0 Å². The lowest BCUT2D eigenvalue weighted by Crippen LogP contribution is -2.46. The van der Waals surface area contributed by atoms with E-state index < -0.39 is 35.6 Å². The van der Waals surface area contributed by atoms with Crippen LogP contribution in [0.15, 0.2) is 24.3 Å². The lowest BCUT2D eigenvalue weighted by atomic mass is 10.0. The fraction of sp³-hybridized carbons (Fsp3) is 0.429. The summed E-state index contributed by atoms with van der Waals surface area (Å²) in [4.78, 5) is 22.8. The molecule has 21 heavy (non-hydrogen) atoms. The van der Waals surface area contributed by atoms with Crippen molar-refractivity contribution in [2.24, 2.45) is 0 Å². The molecule has 0 saturated carbocycles. The molecule has 1 amide bonds. The summed E-state index contributed by atoms with van der Waals surface area (Å²) in [7, 11) is 0. The third-order valence-electron chi connectivity index (χ3n) is 2.47. The number of rotatable bonds is 4. The SMILES string of the molecule is CC(C)(C)OC(=O)N[C@@H](C(=O)O)[C@@H](O)c1ccc(F)cc1. The largest absolute Gasteiger partial charge is 0.480 e. The van der Waals surface area contributed by atoms with E-state index in [4.69, 9.17) is 9.84 Å². The Labute approximate surface area is 121 Å². The highest BCUT2D eigenvalue weighted by molar-refractivity contribution is 5.80. The number of aliphatic carboxylic acids is 1. The minimum Gasteiger partial charge on any atom is -0.480 e. The van der Waals surface area contributed by atoms with E-state index in [1.54, 1.807) is 20.8 Å². The fourth-order valence-corrected chi connectivity index (χ4v) is 1.56. The second-order valence-electron chi connectivity index (χ2n) is 5.46. The van der Waals surface area contributed by atoms with Crippen LogP contribution in [-0.4, -0.2) is 33.9 Å². The van der Waals surface area contributed by atoms with Gasteiger partial charge in [0.05, 0.1) is 0 Å². The number of carbonyl (C=O) groups is 2. The van der Waals surface area contributed by atoms with Crippen LogP contribution in [0.5, 0.6) is 0 Å². The average molecular weight is 299 g/mol. The van der Waals surface area contributed by atoms with Crippen molar-refractivity contribution in [3.8, 4) is 0 Å². The van der Waals surface area contributed by atoms with Crippen LogP contribution < -0.4 is 5.32 Å². The number of carboxylic acid groups (broad SMARTS) is 1. The molecule has 0 bridgehead atoms. The second-order valence-corrected chi connectivity index (χ2v) is 5.46. The van der Waals surface area contributed by atoms with E-state index in [0.717, 1.165) is 12.1 Å². The van der Waals surface area contributed by atoms with E-state index in [1.165, 1.54) is 12.1 Å². The summed E-state index contributed by atoms with van der Waals surface area (Å²) in [5.41, 5.74) is -0.631. The van der Waals surface area contributed by atoms with Crippen molar-refractivity contribution in [3.63, 3.8) is 0 Å². The summed E-state index contributed by atoms with van der Waals surface area (Å²) in [6.07, 6.45) is -2.49. The Hall–Kier alpha value is -2.15. The first kappa shape index (κ1) is 16.9. The van der Waals surface area contributed by atoms with Crippen molar-refractivity contribution in [1.82, 2.24) is 5.32 Å². The van der Waals surface area contributed by atoms with Crippen LogP contribution in [0.1, 0.15) is 32.4 Å². The van der Waals surface area contributed by atoms with Gasteiger partial charge in [0, 0.05) is 0 Å². The van der Waals surface area contributed by atoms with E-state index in [1.807, 2.05) is 0 Å². The summed E-state index contributed by atoms with van der Waals surface area (Å²) in [6.45, 7) is 4.87. The Morgan fingerprint density at radius 2 is 1.76 bits per heavy atom. The van der Waals surface area contributed by atoms with Crippen LogP contribution in [0.4, 0.5) is 9.18 Å². The summed E-state index contributed by atoms with van der Waals surface area (Å²) < 4.78 is 17.8. The Balaban J connectivity index is 2.84. The third kappa shape index (κ3) is 5.39. The van der Waals surface area contributed by atoms with Gasteiger partial charge in [-0.1, -0.05) is 12.1 Å². The van der Waals surface area contributed by atoms with E-state index in [-0.39, 0.29) is 5.56 Å². The van der Waals surface area contributed by atoms with Crippen LogP contribution in [0.3, 0.4) is 0 Å². The first-order valence-electron chi connectivity index (χ1n) is 6.26. The van der Waals surface area contributed by atoms with Gasteiger partial charge < -0.3 is 20.3 Å². The zero-order valence-electron chi connectivity index (χ0n) is 12.0. The van der Waals surface area contributed by atoms with E-state index in [9.17, 15) is 19.1 Å². The van der Waals surface area contributed by atoms with Gasteiger partial charge in [-0.2, -0.15) is 0 Å². The normalized spacial score (nSPS) is 14.1. The first-order valence-corrected chi connectivity index (χ1v) is 6.26. The molecule has 116 valence electrons. The molecule has 2 atom stereocenters. The zero-order chi connectivity index (χ0) is 16.2. The molecule has 0 spiro atoms. The Morgan fingerprint density at radius 3 is 2.19 bits per heavy atom. The molecule has 1 aromatic carbocycles. The molecule has 3 N–H and O–H groups in total. The number of alkyl carbamates (subject to hydrolysis) is 1. The van der Waals surface area contributed by atoms with E-state index in [2.05, 4.69) is 5.32 Å². The number of aliphatic hydroxyl groups is 1. The lowest BCUT2D eigenvalue weighted by Gasteiger charge is -2.24. The van der Waals surface area contributed by atoms with Gasteiger partial charge in [0.2, 0.25) is 0 Å². The van der Waals surface area contributed by atoms with Crippen LogP contribution in [0, 0.1) is 5.82 Å². The number of carbonyl (C=O) groups excluding carboxylic acids is 1. The van der Waals surface area contributed by atoms with Crippen LogP contribution >= 0.6 is 0 Å². The van der Waals surface area contributed by atoms with Gasteiger partial charge in [-0.05, 0) is 38.5 Å². The summed E-state index contributed by atoms with van der Waals surface area (Å²) >= 11 is 0. The van der Waals surface area contributed by atoms with Crippen molar-refractivity contribution in [2.75, 3.05) is 0 Å². The monoisotopic (exact) mass is 299 g/mol. The van der Waals surface area contributed by atoms with Gasteiger partial charge in [-0.3, -0.25) is 0 Å². The van der Waals surface area contributed by atoms with Gasteiger partial charge >= 0.3 is 12.1 Å². The van der Waals surface area contributed by atoms with Crippen LogP contribution in [-0.2, 0) is 9.53 Å². The number of ether oxygens (including phenoxy) is 1. The summed E-state index contributed by atoms with van der Waals surface area (Å²) in [6, 6.07) is 3.06. The number of nitrogens with one attached hydrogen (secondary N) is 1. The molecule has 0 saturated heterocycles. The molecular weight excluding hydrogens is 281 g/mol. The fourth-order valence-electron chi connectivity index (χ4n) is 1.56. The highest BCUT2D eigenvalue weighted by Crippen LogP contribution is 2.18. The number of benzene rings is 1.